The van der Waals surface area contributed by atoms with Gasteiger partial charge in [-0.2, -0.15) is 13.2 Å². The van der Waals surface area contributed by atoms with Crippen LogP contribution in [0.1, 0.15) is 30.4 Å². The van der Waals surface area contributed by atoms with Crippen LogP contribution in [0.2, 0.25) is 0 Å². The Labute approximate surface area is 116 Å². The molecule has 1 aromatic carbocycles. The van der Waals surface area contributed by atoms with Crippen molar-refractivity contribution >= 4 is 5.78 Å². The van der Waals surface area contributed by atoms with E-state index in [1.807, 2.05) is 0 Å². The van der Waals surface area contributed by atoms with Crippen LogP contribution in [0.3, 0.4) is 0 Å². The molecule has 0 radical (unpaired) electrons. The molecule has 2 nitrogen and oxygen atoms in total. The fraction of sp³-hybridized carbons (Fsp3) is 0.533. The van der Waals surface area contributed by atoms with Crippen LogP contribution >= 0.6 is 0 Å². The van der Waals surface area contributed by atoms with E-state index in [1.54, 1.807) is 6.07 Å². The van der Waals surface area contributed by atoms with Crippen molar-refractivity contribution in [2.45, 2.75) is 31.9 Å². The van der Waals surface area contributed by atoms with E-state index in [1.165, 1.54) is 6.07 Å². The number of hydrogen-bond donors (Lipinski definition) is 1. The number of alkyl halides is 3. The first-order valence-corrected chi connectivity index (χ1v) is 6.83. The highest BCUT2D eigenvalue weighted by Crippen LogP contribution is 2.29. The zero-order chi connectivity index (χ0) is 14.6. The summed E-state index contributed by atoms with van der Waals surface area (Å²) < 4.78 is 37.7. The summed E-state index contributed by atoms with van der Waals surface area (Å²) in [4.78, 5) is 11.8. The van der Waals surface area contributed by atoms with Crippen molar-refractivity contribution in [2.75, 3.05) is 13.1 Å². The topological polar surface area (TPSA) is 29.1 Å². The Hall–Kier alpha value is -1.36. The minimum Gasteiger partial charge on any atom is -0.316 e. The second kappa shape index (κ2) is 6.39. The molecule has 1 unspecified atom stereocenters. The SMILES string of the molecule is O=C(CCC1CCNC1)Cc1cccc(C(F)(F)F)c1. The molecule has 0 aliphatic carbocycles. The van der Waals surface area contributed by atoms with Gasteiger partial charge in [-0.3, -0.25) is 4.79 Å². The van der Waals surface area contributed by atoms with Crippen LogP contribution in [-0.4, -0.2) is 18.9 Å². The first-order valence-electron chi connectivity index (χ1n) is 6.83. The summed E-state index contributed by atoms with van der Waals surface area (Å²) in [5, 5.41) is 3.23. The summed E-state index contributed by atoms with van der Waals surface area (Å²) in [5.41, 5.74) is -0.253. The lowest BCUT2D eigenvalue weighted by atomic mass is 9.97. The second-order valence-electron chi connectivity index (χ2n) is 5.31. The van der Waals surface area contributed by atoms with Gasteiger partial charge in [0, 0.05) is 12.8 Å². The zero-order valence-electron chi connectivity index (χ0n) is 11.2. The Morgan fingerprint density at radius 3 is 2.80 bits per heavy atom. The van der Waals surface area contributed by atoms with E-state index in [0.29, 0.717) is 17.9 Å². The van der Waals surface area contributed by atoms with Gasteiger partial charge in [0.2, 0.25) is 0 Å². The molecule has 0 aromatic heterocycles. The normalized spacial score (nSPS) is 19.2. The minimum absolute atomic E-state index is 0.0104. The van der Waals surface area contributed by atoms with E-state index < -0.39 is 11.7 Å². The number of carbonyl (C=O) groups is 1. The van der Waals surface area contributed by atoms with Gasteiger partial charge in [-0.1, -0.05) is 18.2 Å². The number of benzene rings is 1. The van der Waals surface area contributed by atoms with Gasteiger partial charge < -0.3 is 5.32 Å². The molecule has 1 aromatic rings. The largest absolute Gasteiger partial charge is 0.416 e. The Morgan fingerprint density at radius 1 is 1.35 bits per heavy atom. The number of rotatable bonds is 5. The predicted octanol–water partition coefficient (Wildman–Crippen LogP) is 3.21. The molecule has 1 saturated heterocycles. The fourth-order valence-corrected chi connectivity index (χ4v) is 2.50. The standard InChI is InChI=1S/C15H18F3NO/c16-15(17,18)13-3-1-2-12(8-13)9-14(20)5-4-11-6-7-19-10-11/h1-3,8,11,19H,4-7,9-10H2. The van der Waals surface area contributed by atoms with E-state index in [2.05, 4.69) is 5.32 Å². The Morgan fingerprint density at radius 2 is 2.15 bits per heavy atom. The number of ketones is 1. The van der Waals surface area contributed by atoms with Gasteiger partial charge in [0.15, 0.2) is 0 Å². The maximum Gasteiger partial charge on any atom is 0.416 e. The van der Waals surface area contributed by atoms with Crippen LogP contribution in [0, 0.1) is 5.92 Å². The maximum atomic E-state index is 12.6. The lowest BCUT2D eigenvalue weighted by Crippen LogP contribution is -2.11. The maximum absolute atomic E-state index is 12.6. The third-order valence-corrected chi connectivity index (χ3v) is 3.65. The molecule has 1 heterocycles. The summed E-state index contributed by atoms with van der Waals surface area (Å²) in [7, 11) is 0. The lowest BCUT2D eigenvalue weighted by molar-refractivity contribution is -0.137. The highest BCUT2D eigenvalue weighted by atomic mass is 19.4. The smallest absolute Gasteiger partial charge is 0.316 e. The first-order chi connectivity index (χ1) is 9.45. The molecular formula is C15H18F3NO. The third-order valence-electron chi connectivity index (χ3n) is 3.65. The predicted molar refractivity (Wildman–Crippen MR) is 70.4 cm³/mol. The van der Waals surface area contributed by atoms with E-state index in [9.17, 15) is 18.0 Å². The van der Waals surface area contributed by atoms with Crippen molar-refractivity contribution in [1.82, 2.24) is 5.32 Å². The molecule has 5 heteroatoms. The van der Waals surface area contributed by atoms with E-state index in [4.69, 9.17) is 0 Å². The second-order valence-corrected chi connectivity index (χ2v) is 5.31. The zero-order valence-corrected chi connectivity index (χ0v) is 11.2. The Kier molecular flexibility index (Phi) is 4.81. The van der Waals surface area contributed by atoms with Crippen LogP contribution in [-0.2, 0) is 17.4 Å². The molecule has 0 spiro atoms. The summed E-state index contributed by atoms with van der Waals surface area (Å²) in [6.45, 7) is 1.93. The number of hydrogen-bond acceptors (Lipinski definition) is 2. The Bertz CT molecular complexity index is 464. The van der Waals surface area contributed by atoms with Gasteiger partial charge in [0.1, 0.15) is 5.78 Å². The van der Waals surface area contributed by atoms with Crippen LogP contribution < -0.4 is 5.32 Å². The van der Waals surface area contributed by atoms with Crippen LogP contribution in [0.15, 0.2) is 24.3 Å². The molecule has 1 fully saturated rings. The average Bonchev–Trinajstić information content (AvgIpc) is 2.89. The number of carbonyl (C=O) groups excluding carboxylic acids is 1. The minimum atomic E-state index is -4.35. The van der Waals surface area contributed by atoms with Crippen LogP contribution in [0.25, 0.3) is 0 Å². The quantitative estimate of drug-likeness (QED) is 0.900. The van der Waals surface area contributed by atoms with Crippen molar-refractivity contribution in [1.29, 1.82) is 0 Å². The summed E-state index contributed by atoms with van der Waals surface area (Å²) in [6.07, 6.45) is -1.91. The van der Waals surface area contributed by atoms with E-state index in [0.717, 1.165) is 38.1 Å². The molecule has 1 aliphatic rings. The highest BCUT2D eigenvalue weighted by Gasteiger charge is 2.30. The summed E-state index contributed by atoms with van der Waals surface area (Å²) in [5.74, 6) is 0.539. The summed E-state index contributed by atoms with van der Waals surface area (Å²) in [6, 6.07) is 5.02. The molecule has 1 N–H and O–H groups in total. The average molecular weight is 285 g/mol. The molecular weight excluding hydrogens is 267 g/mol. The highest BCUT2D eigenvalue weighted by molar-refractivity contribution is 5.80. The molecule has 2 rings (SSSR count). The van der Waals surface area contributed by atoms with Gasteiger partial charge in [0.25, 0.3) is 0 Å². The van der Waals surface area contributed by atoms with Crippen molar-refractivity contribution in [3.63, 3.8) is 0 Å². The van der Waals surface area contributed by atoms with Crippen molar-refractivity contribution in [3.05, 3.63) is 35.4 Å². The van der Waals surface area contributed by atoms with Crippen molar-refractivity contribution < 1.29 is 18.0 Å². The number of nitrogens with one attached hydrogen (secondary N) is 1. The molecule has 1 atom stereocenters. The number of Topliss-reactive ketones (excluding diaryl/α,β-unsaturated/α-hetero) is 1. The van der Waals surface area contributed by atoms with Crippen LogP contribution in [0.4, 0.5) is 13.2 Å². The molecule has 1 aliphatic heterocycles. The van der Waals surface area contributed by atoms with Crippen LogP contribution in [0.5, 0.6) is 0 Å². The van der Waals surface area contributed by atoms with E-state index in [-0.39, 0.29) is 12.2 Å². The lowest BCUT2D eigenvalue weighted by Gasteiger charge is -2.09. The monoisotopic (exact) mass is 285 g/mol. The fourth-order valence-electron chi connectivity index (χ4n) is 2.50. The molecule has 110 valence electrons. The van der Waals surface area contributed by atoms with Gasteiger partial charge in [-0.15, -0.1) is 0 Å². The molecule has 0 saturated carbocycles. The molecule has 0 bridgehead atoms. The van der Waals surface area contributed by atoms with Gasteiger partial charge in [0.05, 0.1) is 5.56 Å². The summed E-state index contributed by atoms with van der Waals surface area (Å²) >= 11 is 0. The van der Waals surface area contributed by atoms with Gasteiger partial charge in [-0.25, -0.2) is 0 Å². The van der Waals surface area contributed by atoms with Crippen molar-refractivity contribution in [2.24, 2.45) is 5.92 Å². The van der Waals surface area contributed by atoms with E-state index >= 15 is 0 Å². The van der Waals surface area contributed by atoms with Crippen molar-refractivity contribution in [3.8, 4) is 0 Å². The van der Waals surface area contributed by atoms with Gasteiger partial charge in [-0.05, 0) is 43.5 Å². The Balaban J connectivity index is 1.87. The molecule has 20 heavy (non-hydrogen) atoms. The number of halogens is 3. The first kappa shape index (κ1) is 15.0. The molecule has 0 amide bonds. The third kappa shape index (κ3) is 4.34. The van der Waals surface area contributed by atoms with Gasteiger partial charge >= 0.3 is 6.18 Å².